The molecule has 1 saturated heterocycles. The van der Waals surface area contributed by atoms with Gasteiger partial charge in [-0.05, 0) is 36.3 Å². The van der Waals surface area contributed by atoms with Gasteiger partial charge in [-0.15, -0.1) is 0 Å². The van der Waals surface area contributed by atoms with Crippen LogP contribution in [0.4, 0.5) is 0 Å². The molecule has 1 aliphatic heterocycles. The van der Waals surface area contributed by atoms with Crippen LogP contribution >= 0.6 is 0 Å². The van der Waals surface area contributed by atoms with Crippen molar-refractivity contribution in [2.24, 2.45) is 11.8 Å². The smallest absolute Gasteiger partial charge is 0.00229 e. The molecule has 2 aliphatic rings. The third-order valence-corrected chi connectivity index (χ3v) is 5.27. The minimum Gasteiger partial charge on any atom is -0.316 e. The van der Waals surface area contributed by atoms with E-state index in [1.54, 1.807) is 5.56 Å². The summed E-state index contributed by atoms with van der Waals surface area (Å²) >= 11 is 0. The number of rotatable bonds is 2. The zero-order valence-electron chi connectivity index (χ0n) is 12.0. The zero-order valence-corrected chi connectivity index (χ0v) is 12.0. The lowest BCUT2D eigenvalue weighted by Crippen LogP contribution is -2.38. The number of piperidine rings is 1. The largest absolute Gasteiger partial charge is 0.316 e. The third kappa shape index (κ3) is 3.20. The molecule has 1 aliphatic carbocycles. The second kappa shape index (κ2) is 6.56. The number of hydrogen-bond donors (Lipinski definition) is 1. The Bertz CT molecular complexity index is 365. The van der Waals surface area contributed by atoms with E-state index in [4.69, 9.17) is 0 Å². The van der Waals surface area contributed by atoms with Crippen LogP contribution in [0.3, 0.4) is 0 Å². The summed E-state index contributed by atoms with van der Waals surface area (Å²) in [6.45, 7) is 2.41. The minimum absolute atomic E-state index is 0.748. The highest BCUT2D eigenvalue weighted by Crippen LogP contribution is 2.40. The van der Waals surface area contributed by atoms with Crippen LogP contribution in [0.5, 0.6) is 0 Å². The molecule has 0 bridgehead atoms. The maximum absolute atomic E-state index is 3.62. The van der Waals surface area contributed by atoms with Crippen molar-refractivity contribution in [2.75, 3.05) is 13.1 Å². The van der Waals surface area contributed by atoms with E-state index in [0.29, 0.717) is 0 Å². The van der Waals surface area contributed by atoms with Crippen molar-refractivity contribution in [2.45, 2.75) is 50.9 Å². The van der Waals surface area contributed by atoms with Crippen LogP contribution in [0.15, 0.2) is 30.3 Å². The van der Waals surface area contributed by atoms with E-state index in [2.05, 4.69) is 35.6 Å². The van der Waals surface area contributed by atoms with Crippen LogP contribution in [0.1, 0.15) is 56.4 Å². The molecule has 1 saturated carbocycles. The topological polar surface area (TPSA) is 12.0 Å². The normalized spacial score (nSPS) is 29.9. The average molecular weight is 257 g/mol. The highest BCUT2D eigenvalue weighted by Gasteiger charge is 2.32. The van der Waals surface area contributed by atoms with Crippen molar-refractivity contribution in [3.05, 3.63) is 35.9 Å². The molecular weight excluding hydrogens is 230 g/mol. The molecule has 3 rings (SSSR count). The Morgan fingerprint density at radius 3 is 2.32 bits per heavy atom. The molecule has 2 fully saturated rings. The summed E-state index contributed by atoms with van der Waals surface area (Å²) in [4.78, 5) is 0. The van der Waals surface area contributed by atoms with Gasteiger partial charge in [0.2, 0.25) is 0 Å². The van der Waals surface area contributed by atoms with E-state index >= 15 is 0 Å². The maximum Gasteiger partial charge on any atom is 0.00229 e. The maximum atomic E-state index is 3.62. The molecule has 0 aromatic heterocycles. The Kier molecular flexibility index (Phi) is 4.55. The number of hydrogen-bond acceptors (Lipinski definition) is 1. The van der Waals surface area contributed by atoms with Gasteiger partial charge in [0.1, 0.15) is 0 Å². The quantitative estimate of drug-likeness (QED) is 0.777. The standard InChI is InChI=1S/C18H27N/c1-2-5-9-15(8-4-1)17-12-13-19-14-18(17)16-10-6-3-7-11-16/h3,6-7,10-11,15,17-19H,1-2,4-5,8-9,12-14H2. The summed E-state index contributed by atoms with van der Waals surface area (Å²) in [6, 6.07) is 11.2. The van der Waals surface area contributed by atoms with Gasteiger partial charge in [0.05, 0.1) is 0 Å². The predicted molar refractivity (Wildman–Crippen MR) is 81.4 cm³/mol. The molecular formula is C18H27N. The van der Waals surface area contributed by atoms with Gasteiger partial charge in [-0.1, -0.05) is 68.9 Å². The summed E-state index contributed by atoms with van der Waals surface area (Å²) in [5.74, 6) is 2.65. The van der Waals surface area contributed by atoms with Gasteiger partial charge in [-0.25, -0.2) is 0 Å². The fraction of sp³-hybridized carbons (Fsp3) is 0.667. The Balaban J connectivity index is 1.76. The Labute approximate surface area is 117 Å². The lowest BCUT2D eigenvalue weighted by Gasteiger charge is -2.38. The lowest BCUT2D eigenvalue weighted by molar-refractivity contribution is 0.205. The third-order valence-electron chi connectivity index (χ3n) is 5.27. The van der Waals surface area contributed by atoms with Crippen molar-refractivity contribution in [1.29, 1.82) is 0 Å². The van der Waals surface area contributed by atoms with E-state index in [1.807, 2.05) is 0 Å². The van der Waals surface area contributed by atoms with Crippen LogP contribution in [-0.2, 0) is 0 Å². The first-order chi connectivity index (χ1) is 9.45. The fourth-order valence-corrected chi connectivity index (χ4v) is 4.25. The van der Waals surface area contributed by atoms with Crippen molar-refractivity contribution >= 4 is 0 Å². The summed E-state index contributed by atoms with van der Waals surface area (Å²) in [5, 5.41) is 3.62. The Morgan fingerprint density at radius 1 is 0.842 bits per heavy atom. The molecule has 0 radical (unpaired) electrons. The van der Waals surface area contributed by atoms with Crippen LogP contribution < -0.4 is 5.32 Å². The first kappa shape index (κ1) is 13.2. The summed E-state index contributed by atoms with van der Waals surface area (Å²) in [6.07, 6.45) is 10.2. The number of nitrogens with one attached hydrogen (secondary N) is 1. The molecule has 1 heteroatoms. The van der Waals surface area contributed by atoms with E-state index in [9.17, 15) is 0 Å². The van der Waals surface area contributed by atoms with Gasteiger partial charge in [0.15, 0.2) is 0 Å². The molecule has 2 unspecified atom stereocenters. The molecule has 1 N–H and O–H groups in total. The Hall–Kier alpha value is -0.820. The highest BCUT2D eigenvalue weighted by molar-refractivity contribution is 5.21. The fourth-order valence-electron chi connectivity index (χ4n) is 4.25. The van der Waals surface area contributed by atoms with Gasteiger partial charge in [-0.3, -0.25) is 0 Å². The minimum atomic E-state index is 0.748. The van der Waals surface area contributed by atoms with E-state index in [0.717, 1.165) is 17.8 Å². The van der Waals surface area contributed by atoms with E-state index in [1.165, 1.54) is 58.0 Å². The van der Waals surface area contributed by atoms with Crippen LogP contribution in [0.2, 0.25) is 0 Å². The first-order valence-electron chi connectivity index (χ1n) is 8.21. The lowest BCUT2D eigenvalue weighted by atomic mass is 9.71. The molecule has 104 valence electrons. The van der Waals surface area contributed by atoms with Gasteiger partial charge in [-0.2, -0.15) is 0 Å². The first-order valence-corrected chi connectivity index (χ1v) is 8.21. The average Bonchev–Trinajstić information content (AvgIpc) is 2.77. The van der Waals surface area contributed by atoms with Crippen molar-refractivity contribution in [3.8, 4) is 0 Å². The molecule has 1 heterocycles. The second-order valence-corrected chi connectivity index (χ2v) is 6.43. The van der Waals surface area contributed by atoms with Crippen LogP contribution in [0, 0.1) is 11.8 Å². The molecule has 19 heavy (non-hydrogen) atoms. The predicted octanol–water partition coefficient (Wildman–Crippen LogP) is 4.35. The molecule has 0 spiro atoms. The van der Waals surface area contributed by atoms with Gasteiger partial charge < -0.3 is 5.32 Å². The monoisotopic (exact) mass is 257 g/mol. The zero-order chi connectivity index (χ0) is 12.9. The van der Waals surface area contributed by atoms with E-state index < -0.39 is 0 Å². The Morgan fingerprint density at radius 2 is 1.58 bits per heavy atom. The molecule has 2 atom stereocenters. The molecule has 1 nitrogen and oxygen atoms in total. The SMILES string of the molecule is c1ccc(C2CNCCC2C2CCCCCC2)cc1. The van der Waals surface area contributed by atoms with Crippen molar-refractivity contribution < 1.29 is 0 Å². The number of benzene rings is 1. The van der Waals surface area contributed by atoms with Crippen LogP contribution in [-0.4, -0.2) is 13.1 Å². The second-order valence-electron chi connectivity index (χ2n) is 6.43. The molecule has 0 amide bonds. The van der Waals surface area contributed by atoms with Gasteiger partial charge in [0.25, 0.3) is 0 Å². The summed E-state index contributed by atoms with van der Waals surface area (Å²) in [7, 11) is 0. The van der Waals surface area contributed by atoms with Crippen molar-refractivity contribution in [3.63, 3.8) is 0 Å². The summed E-state index contributed by atoms with van der Waals surface area (Å²) < 4.78 is 0. The van der Waals surface area contributed by atoms with Gasteiger partial charge >= 0.3 is 0 Å². The molecule has 1 aromatic rings. The van der Waals surface area contributed by atoms with Crippen molar-refractivity contribution in [1.82, 2.24) is 5.32 Å². The molecule has 1 aromatic carbocycles. The summed E-state index contributed by atoms with van der Waals surface area (Å²) in [5.41, 5.74) is 1.56. The van der Waals surface area contributed by atoms with Crippen LogP contribution in [0.25, 0.3) is 0 Å². The highest BCUT2D eigenvalue weighted by atomic mass is 14.9. The van der Waals surface area contributed by atoms with Gasteiger partial charge in [0, 0.05) is 6.54 Å². The van der Waals surface area contributed by atoms with E-state index in [-0.39, 0.29) is 0 Å².